The van der Waals surface area contributed by atoms with Crippen molar-refractivity contribution in [3.05, 3.63) is 68.8 Å². The third-order valence-corrected chi connectivity index (χ3v) is 4.45. The van der Waals surface area contributed by atoms with Crippen molar-refractivity contribution in [2.75, 3.05) is 0 Å². The van der Waals surface area contributed by atoms with Crippen LogP contribution >= 0.6 is 22.6 Å². The summed E-state index contributed by atoms with van der Waals surface area (Å²) in [6, 6.07) is 17.4. The zero-order valence-electron chi connectivity index (χ0n) is 10.1. The molecule has 0 amide bonds. The number of halogens is 1. The van der Waals surface area contributed by atoms with Crippen molar-refractivity contribution in [2.24, 2.45) is 5.73 Å². The van der Waals surface area contributed by atoms with Gasteiger partial charge in [0.05, 0.1) is 0 Å². The van der Waals surface area contributed by atoms with E-state index >= 15 is 0 Å². The molecule has 0 radical (unpaired) electrons. The Bertz CT molecular complexity index is 565. The van der Waals surface area contributed by atoms with Gasteiger partial charge in [-0.25, -0.2) is 0 Å². The Morgan fingerprint density at radius 2 is 2.00 bits per heavy atom. The lowest BCUT2D eigenvalue weighted by molar-refractivity contribution is 0.498. The first-order valence-electron chi connectivity index (χ1n) is 6.33. The van der Waals surface area contributed by atoms with Crippen LogP contribution < -0.4 is 5.73 Å². The molecular weight excluding hydrogens is 333 g/mol. The van der Waals surface area contributed by atoms with Crippen LogP contribution in [0.4, 0.5) is 0 Å². The molecule has 0 saturated heterocycles. The fourth-order valence-electron chi connectivity index (χ4n) is 2.75. The molecule has 0 bridgehead atoms. The number of hydrogen-bond acceptors (Lipinski definition) is 1. The molecule has 1 aliphatic carbocycles. The molecule has 2 heteroatoms. The molecule has 18 heavy (non-hydrogen) atoms. The summed E-state index contributed by atoms with van der Waals surface area (Å²) >= 11 is 2.34. The SMILES string of the molecule is NC(CC1Cc2ccccc21)c1cccc(I)c1. The van der Waals surface area contributed by atoms with Crippen LogP contribution in [0.25, 0.3) is 0 Å². The molecule has 1 nitrogen and oxygen atoms in total. The monoisotopic (exact) mass is 349 g/mol. The van der Waals surface area contributed by atoms with Crippen LogP contribution in [0, 0.1) is 3.57 Å². The van der Waals surface area contributed by atoms with Gasteiger partial charge in [-0.05, 0) is 70.2 Å². The van der Waals surface area contributed by atoms with Gasteiger partial charge in [0, 0.05) is 9.61 Å². The highest BCUT2D eigenvalue weighted by molar-refractivity contribution is 14.1. The Morgan fingerprint density at radius 1 is 1.17 bits per heavy atom. The van der Waals surface area contributed by atoms with Crippen molar-refractivity contribution >= 4 is 22.6 Å². The number of nitrogens with two attached hydrogens (primary N) is 1. The minimum absolute atomic E-state index is 0.151. The molecule has 1 aliphatic rings. The summed E-state index contributed by atoms with van der Waals surface area (Å²) in [4.78, 5) is 0. The van der Waals surface area contributed by atoms with E-state index in [0.29, 0.717) is 5.92 Å². The summed E-state index contributed by atoms with van der Waals surface area (Å²) in [6.07, 6.45) is 2.24. The fraction of sp³-hybridized carbons (Fsp3) is 0.250. The topological polar surface area (TPSA) is 26.0 Å². The van der Waals surface area contributed by atoms with E-state index in [0.717, 1.165) is 6.42 Å². The van der Waals surface area contributed by atoms with Crippen molar-refractivity contribution in [3.8, 4) is 0 Å². The van der Waals surface area contributed by atoms with Crippen LogP contribution in [-0.2, 0) is 6.42 Å². The van der Waals surface area contributed by atoms with Gasteiger partial charge in [0.15, 0.2) is 0 Å². The summed E-state index contributed by atoms with van der Waals surface area (Å²) in [5.41, 5.74) is 10.6. The first kappa shape index (κ1) is 12.2. The van der Waals surface area contributed by atoms with E-state index in [1.165, 1.54) is 26.7 Å². The van der Waals surface area contributed by atoms with Crippen LogP contribution in [0.3, 0.4) is 0 Å². The number of fused-ring (bicyclic) bond motifs is 1. The highest BCUT2D eigenvalue weighted by Crippen LogP contribution is 2.40. The summed E-state index contributed by atoms with van der Waals surface area (Å²) in [7, 11) is 0. The molecule has 0 saturated carbocycles. The standard InChI is InChI=1S/C16H16IN/c17-14-6-3-5-12(9-14)16(18)10-13-8-11-4-1-2-7-15(11)13/h1-7,9,13,16H,8,10,18H2. The lowest BCUT2D eigenvalue weighted by atomic mass is 9.74. The molecule has 0 aromatic heterocycles. The molecule has 0 fully saturated rings. The number of rotatable bonds is 3. The van der Waals surface area contributed by atoms with Crippen LogP contribution in [-0.4, -0.2) is 0 Å². The van der Waals surface area contributed by atoms with E-state index in [-0.39, 0.29) is 6.04 Å². The number of benzene rings is 2. The van der Waals surface area contributed by atoms with Crippen LogP contribution in [0.1, 0.15) is 35.1 Å². The van der Waals surface area contributed by atoms with E-state index in [1.807, 2.05) is 0 Å². The van der Waals surface area contributed by atoms with Crippen LogP contribution in [0.2, 0.25) is 0 Å². The molecule has 2 atom stereocenters. The molecule has 2 aromatic rings. The van der Waals surface area contributed by atoms with Gasteiger partial charge in [-0.15, -0.1) is 0 Å². The normalized spacial score (nSPS) is 18.9. The Hall–Kier alpha value is -0.870. The maximum atomic E-state index is 6.33. The van der Waals surface area contributed by atoms with Gasteiger partial charge < -0.3 is 5.73 Å². The quantitative estimate of drug-likeness (QED) is 0.833. The highest BCUT2D eigenvalue weighted by Gasteiger charge is 2.27. The third kappa shape index (κ3) is 2.31. The second kappa shape index (κ2) is 5.02. The molecule has 3 rings (SSSR count). The lowest BCUT2D eigenvalue weighted by Gasteiger charge is -2.32. The van der Waals surface area contributed by atoms with Crippen molar-refractivity contribution in [1.29, 1.82) is 0 Å². The Balaban J connectivity index is 1.72. The smallest absolute Gasteiger partial charge is 0.0301 e. The maximum Gasteiger partial charge on any atom is 0.0301 e. The van der Waals surface area contributed by atoms with E-state index < -0.39 is 0 Å². The average Bonchev–Trinajstić information content (AvgIpc) is 2.36. The highest BCUT2D eigenvalue weighted by atomic mass is 127. The largest absolute Gasteiger partial charge is 0.324 e. The summed E-state index contributed by atoms with van der Waals surface area (Å²) in [5, 5.41) is 0. The van der Waals surface area contributed by atoms with Crippen molar-refractivity contribution in [3.63, 3.8) is 0 Å². The Morgan fingerprint density at radius 3 is 2.78 bits per heavy atom. The second-order valence-corrected chi connectivity index (χ2v) is 6.24. The van der Waals surface area contributed by atoms with Crippen molar-refractivity contribution in [2.45, 2.75) is 24.8 Å². The molecular formula is C16H16IN. The predicted molar refractivity (Wildman–Crippen MR) is 83.6 cm³/mol. The predicted octanol–water partition coefficient (Wildman–Crippen LogP) is 4.02. The molecule has 0 aliphatic heterocycles. The summed E-state index contributed by atoms with van der Waals surface area (Å²) < 4.78 is 1.26. The summed E-state index contributed by atoms with van der Waals surface area (Å²) in [5.74, 6) is 0.647. The molecule has 0 spiro atoms. The minimum atomic E-state index is 0.151. The van der Waals surface area contributed by atoms with Gasteiger partial charge in [-0.3, -0.25) is 0 Å². The first-order valence-corrected chi connectivity index (χ1v) is 7.41. The molecule has 92 valence electrons. The van der Waals surface area contributed by atoms with Crippen molar-refractivity contribution in [1.82, 2.24) is 0 Å². The molecule has 0 heterocycles. The molecule has 2 aromatic carbocycles. The summed E-state index contributed by atoms with van der Waals surface area (Å²) in [6.45, 7) is 0. The fourth-order valence-corrected chi connectivity index (χ4v) is 3.32. The zero-order valence-corrected chi connectivity index (χ0v) is 12.3. The van der Waals surface area contributed by atoms with Crippen LogP contribution in [0.15, 0.2) is 48.5 Å². The molecule has 2 N–H and O–H groups in total. The van der Waals surface area contributed by atoms with E-state index in [4.69, 9.17) is 5.73 Å². The van der Waals surface area contributed by atoms with Gasteiger partial charge in [-0.2, -0.15) is 0 Å². The Labute approximate surface area is 122 Å². The average molecular weight is 349 g/mol. The van der Waals surface area contributed by atoms with E-state index in [2.05, 4.69) is 71.1 Å². The first-order chi connectivity index (χ1) is 8.74. The third-order valence-electron chi connectivity index (χ3n) is 3.78. The second-order valence-electron chi connectivity index (χ2n) is 5.00. The zero-order chi connectivity index (χ0) is 12.5. The number of hydrogen-bond donors (Lipinski definition) is 1. The van der Waals surface area contributed by atoms with Gasteiger partial charge >= 0.3 is 0 Å². The lowest BCUT2D eigenvalue weighted by Crippen LogP contribution is -2.22. The van der Waals surface area contributed by atoms with Crippen LogP contribution in [0.5, 0.6) is 0 Å². The minimum Gasteiger partial charge on any atom is -0.324 e. The van der Waals surface area contributed by atoms with Gasteiger partial charge in [0.2, 0.25) is 0 Å². The van der Waals surface area contributed by atoms with E-state index in [1.54, 1.807) is 0 Å². The van der Waals surface area contributed by atoms with Crippen molar-refractivity contribution < 1.29 is 0 Å². The maximum absolute atomic E-state index is 6.33. The Kier molecular flexibility index (Phi) is 3.39. The van der Waals surface area contributed by atoms with Gasteiger partial charge in [0.25, 0.3) is 0 Å². The van der Waals surface area contributed by atoms with E-state index in [9.17, 15) is 0 Å². The molecule has 2 unspecified atom stereocenters. The van der Waals surface area contributed by atoms with Gasteiger partial charge in [-0.1, -0.05) is 36.4 Å². The van der Waals surface area contributed by atoms with Gasteiger partial charge in [0.1, 0.15) is 0 Å².